The Bertz CT molecular complexity index is 165. The molecule has 0 aromatic rings. The number of ketones is 1. The first-order valence-corrected chi connectivity index (χ1v) is 5.44. The summed E-state index contributed by atoms with van der Waals surface area (Å²) in [5, 5.41) is 9.47. The molecule has 0 bridgehead atoms. The van der Waals surface area contributed by atoms with Gasteiger partial charge >= 0.3 is 0 Å². The van der Waals surface area contributed by atoms with Gasteiger partial charge in [0.1, 0.15) is 5.78 Å². The summed E-state index contributed by atoms with van der Waals surface area (Å²) in [6.45, 7) is 1.96. The average molecular weight is 184 g/mol. The molecule has 0 amide bonds. The molecular formula is C11H20O2. The number of carbonyl (C=O) groups excluding carboxylic acids is 1. The summed E-state index contributed by atoms with van der Waals surface area (Å²) in [5.41, 5.74) is 0. The van der Waals surface area contributed by atoms with Crippen LogP contribution in [0.5, 0.6) is 0 Å². The van der Waals surface area contributed by atoms with E-state index in [9.17, 15) is 9.90 Å². The molecule has 0 radical (unpaired) electrons. The van der Waals surface area contributed by atoms with Crippen LogP contribution in [0, 0.1) is 5.92 Å². The molecule has 2 nitrogen and oxygen atoms in total. The normalized spacial score (nSPS) is 26.9. The van der Waals surface area contributed by atoms with Gasteiger partial charge in [0, 0.05) is 12.3 Å². The largest absolute Gasteiger partial charge is 0.393 e. The first-order chi connectivity index (χ1) is 6.24. The van der Waals surface area contributed by atoms with Gasteiger partial charge in [-0.2, -0.15) is 0 Å². The Labute approximate surface area is 80.3 Å². The van der Waals surface area contributed by atoms with Crippen LogP contribution in [-0.2, 0) is 4.79 Å². The highest BCUT2D eigenvalue weighted by molar-refractivity contribution is 5.81. The summed E-state index contributed by atoms with van der Waals surface area (Å²) in [6.07, 6.45) is 6.32. The molecular weight excluding hydrogens is 164 g/mol. The van der Waals surface area contributed by atoms with Gasteiger partial charge in [0.15, 0.2) is 0 Å². The summed E-state index contributed by atoms with van der Waals surface area (Å²) >= 11 is 0. The predicted molar refractivity (Wildman–Crippen MR) is 52.5 cm³/mol. The highest BCUT2D eigenvalue weighted by Crippen LogP contribution is 2.24. The van der Waals surface area contributed by atoms with Crippen LogP contribution in [0.25, 0.3) is 0 Å². The minimum absolute atomic E-state index is 0.150. The molecule has 0 aromatic heterocycles. The molecule has 0 aliphatic heterocycles. The smallest absolute Gasteiger partial charge is 0.136 e. The van der Waals surface area contributed by atoms with Crippen molar-refractivity contribution in [3.63, 3.8) is 0 Å². The van der Waals surface area contributed by atoms with Crippen molar-refractivity contribution in [1.29, 1.82) is 0 Å². The second kappa shape index (κ2) is 5.38. The molecule has 13 heavy (non-hydrogen) atoms. The van der Waals surface area contributed by atoms with Crippen LogP contribution in [0.15, 0.2) is 0 Å². The zero-order valence-corrected chi connectivity index (χ0v) is 8.46. The van der Waals surface area contributed by atoms with Crippen molar-refractivity contribution in [3.8, 4) is 0 Å². The molecule has 0 heterocycles. The van der Waals surface area contributed by atoms with Gasteiger partial charge in [0.2, 0.25) is 0 Å². The molecule has 1 rings (SSSR count). The highest BCUT2D eigenvalue weighted by atomic mass is 16.3. The maximum atomic E-state index is 11.6. The van der Waals surface area contributed by atoms with E-state index < -0.39 is 0 Å². The molecule has 2 heteroatoms. The van der Waals surface area contributed by atoms with Gasteiger partial charge in [0.05, 0.1) is 6.10 Å². The first-order valence-electron chi connectivity index (χ1n) is 5.44. The number of aliphatic hydroxyl groups is 1. The third kappa shape index (κ3) is 3.47. The van der Waals surface area contributed by atoms with Crippen LogP contribution < -0.4 is 0 Å². The Balaban J connectivity index is 2.40. The summed E-state index contributed by atoms with van der Waals surface area (Å²) in [5.74, 6) is 0.530. The maximum absolute atomic E-state index is 11.6. The van der Waals surface area contributed by atoms with Crippen LogP contribution in [0.2, 0.25) is 0 Å². The Morgan fingerprint density at radius 1 is 1.46 bits per heavy atom. The minimum Gasteiger partial charge on any atom is -0.393 e. The van der Waals surface area contributed by atoms with Crippen LogP contribution in [0.4, 0.5) is 0 Å². The maximum Gasteiger partial charge on any atom is 0.136 e. The Morgan fingerprint density at radius 3 is 2.92 bits per heavy atom. The van der Waals surface area contributed by atoms with Crippen LogP contribution in [-0.4, -0.2) is 17.0 Å². The predicted octanol–water partition coefficient (Wildman–Crippen LogP) is 2.30. The lowest BCUT2D eigenvalue weighted by Gasteiger charge is -2.15. The molecule has 2 unspecified atom stereocenters. The van der Waals surface area contributed by atoms with Crippen molar-refractivity contribution in [2.75, 3.05) is 0 Å². The molecule has 1 saturated carbocycles. The lowest BCUT2D eigenvalue weighted by molar-refractivity contribution is -0.123. The van der Waals surface area contributed by atoms with Gasteiger partial charge in [-0.05, 0) is 25.7 Å². The van der Waals surface area contributed by atoms with Crippen LogP contribution in [0.1, 0.15) is 51.9 Å². The van der Waals surface area contributed by atoms with E-state index in [1.807, 2.05) is 6.92 Å². The molecule has 1 N–H and O–H groups in total. The van der Waals surface area contributed by atoms with Crippen LogP contribution in [0.3, 0.4) is 0 Å². The van der Waals surface area contributed by atoms with E-state index in [1.54, 1.807) is 0 Å². The standard InChI is InChI=1S/C11H20O2/c1-2-10(12)8-9-6-4-3-5-7-11(9)13/h9-10,12H,2-8H2,1H3. The number of Topliss-reactive ketones (excluding diaryl/α,β-unsaturated/α-hetero) is 1. The van der Waals surface area contributed by atoms with Crippen molar-refractivity contribution in [2.45, 2.75) is 58.0 Å². The Kier molecular flexibility index (Phi) is 4.43. The van der Waals surface area contributed by atoms with Gasteiger partial charge < -0.3 is 5.11 Å². The van der Waals surface area contributed by atoms with Crippen LogP contribution >= 0.6 is 0 Å². The summed E-state index contributed by atoms with van der Waals surface area (Å²) < 4.78 is 0. The highest BCUT2D eigenvalue weighted by Gasteiger charge is 2.22. The third-order valence-corrected chi connectivity index (χ3v) is 2.96. The fraction of sp³-hybridized carbons (Fsp3) is 0.909. The van der Waals surface area contributed by atoms with Gasteiger partial charge in [0.25, 0.3) is 0 Å². The number of hydrogen-bond acceptors (Lipinski definition) is 2. The van der Waals surface area contributed by atoms with E-state index in [-0.39, 0.29) is 12.0 Å². The second-order valence-electron chi connectivity index (χ2n) is 4.06. The molecule has 1 aliphatic carbocycles. The quantitative estimate of drug-likeness (QED) is 0.683. The molecule has 0 saturated heterocycles. The number of aliphatic hydroxyl groups excluding tert-OH is 1. The van der Waals surface area contributed by atoms with Crippen molar-refractivity contribution in [3.05, 3.63) is 0 Å². The monoisotopic (exact) mass is 184 g/mol. The van der Waals surface area contributed by atoms with Crippen molar-refractivity contribution in [2.24, 2.45) is 5.92 Å². The molecule has 0 spiro atoms. The van der Waals surface area contributed by atoms with E-state index in [0.717, 1.165) is 32.1 Å². The number of rotatable bonds is 3. The molecule has 76 valence electrons. The van der Waals surface area contributed by atoms with Crippen molar-refractivity contribution >= 4 is 5.78 Å². The SMILES string of the molecule is CCC(O)CC1CCCCCC1=O. The van der Waals surface area contributed by atoms with E-state index in [2.05, 4.69) is 0 Å². The van der Waals surface area contributed by atoms with Crippen molar-refractivity contribution < 1.29 is 9.90 Å². The second-order valence-corrected chi connectivity index (χ2v) is 4.06. The fourth-order valence-corrected chi connectivity index (χ4v) is 1.98. The molecule has 2 atom stereocenters. The third-order valence-electron chi connectivity index (χ3n) is 2.96. The van der Waals surface area contributed by atoms with Gasteiger partial charge in [-0.15, -0.1) is 0 Å². The number of hydrogen-bond donors (Lipinski definition) is 1. The van der Waals surface area contributed by atoms with E-state index in [1.165, 1.54) is 6.42 Å². The lowest BCUT2D eigenvalue weighted by atomic mass is 9.92. The Hall–Kier alpha value is -0.370. The van der Waals surface area contributed by atoms with E-state index in [4.69, 9.17) is 0 Å². The summed E-state index contributed by atoms with van der Waals surface area (Å²) in [7, 11) is 0. The zero-order chi connectivity index (χ0) is 9.68. The Morgan fingerprint density at radius 2 is 2.23 bits per heavy atom. The zero-order valence-electron chi connectivity index (χ0n) is 8.46. The lowest BCUT2D eigenvalue weighted by Crippen LogP contribution is -2.19. The number of carbonyl (C=O) groups is 1. The summed E-state index contributed by atoms with van der Waals surface area (Å²) in [4.78, 5) is 11.6. The van der Waals surface area contributed by atoms with E-state index in [0.29, 0.717) is 12.2 Å². The molecule has 1 aliphatic rings. The molecule has 1 fully saturated rings. The molecule has 0 aromatic carbocycles. The van der Waals surface area contributed by atoms with E-state index >= 15 is 0 Å². The topological polar surface area (TPSA) is 37.3 Å². The van der Waals surface area contributed by atoms with Crippen molar-refractivity contribution in [1.82, 2.24) is 0 Å². The minimum atomic E-state index is -0.271. The summed E-state index contributed by atoms with van der Waals surface area (Å²) in [6, 6.07) is 0. The fourth-order valence-electron chi connectivity index (χ4n) is 1.98. The average Bonchev–Trinajstić information content (AvgIpc) is 2.32. The van der Waals surface area contributed by atoms with Gasteiger partial charge in [-0.3, -0.25) is 4.79 Å². The van der Waals surface area contributed by atoms with Gasteiger partial charge in [-0.1, -0.05) is 19.8 Å². The first kappa shape index (κ1) is 10.7. The van der Waals surface area contributed by atoms with Gasteiger partial charge in [-0.25, -0.2) is 0 Å².